The molecule has 0 bridgehead atoms. The molecule has 2 aromatic carbocycles. The van der Waals surface area contributed by atoms with Crippen molar-refractivity contribution in [2.24, 2.45) is 0 Å². The molecule has 2 amide bonds. The fourth-order valence-corrected chi connectivity index (χ4v) is 2.39. The monoisotopic (exact) mass is 354 g/mol. The van der Waals surface area contributed by atoms with E-state index in [2.05, 4.69) is 31.4 Å². The van der Waals surface area contributed by atoms with Crippen LogP contribution in [0.25, 0.3) is 0 Å². The maximum Gasteiger partial charge on any atom is 0.251 e. The molecule has 0 spiro atoms. The molecule has 0 unspecified atom stereocenters. The first-order chi connectivity index (χ1) is 12.3. The number of nitrogens with one attached hydrogen (secondary N) is 2. The fourth-order valence-electron chi connectivity index (χ4n) is 2.39. The maximum absolute atomic E-state index is 12.1. The van der Waals surface area contributed by atoms with Gasteiger partial charge in [-0.2, -0.15) is 0 Å². The van der Waals surface area contributed by atoms with Gasteiger partial charge in [0.05, 0.1) is 13.7 Å². The van der Waals surface area contributed by atoms with Crippen molar-refractivity contribution in [1.82, 2.24) is 10.6 Å². The van der Waals surface area contributed by atoms with Crippen molar-refractivity contribution < 1.29 is 14.3 Å². The molecular formula is C21H26N2O3. The number of benzene rings is 2. The zero-order valence-electron chi connectivity index (χ0n) is 15.8. The van der Waals surface area contributed by atoms with E-state index in [0.29, 0.717) is 12.1 Å². The summed E-state index contributed by atoms with van der Waals surface area (Å²) in [5.74, 6) is 0.273. The molecular weight excluding hydrogens is 328 g/mol. The lowest BCUT2D eigenvalue weighted by molar-refractivity contribution is -0.120. The van der Waals surface area contributed by atoms with Gasteiger partial charge in [-0.25, -0.2) is 0 Å². The topological polar surface area (TPSA) is 67.4 Å². The molecule has 2 aromatic rings. The normalized spacial score (nSPS) is 10.9. The Kier molecular flexibility index (Phi) is 6.39. The maximum atomic E-state index is 12.1. The smallest absolute Gasteiger partial charge is 0.251 e. The minimum absolute atomic E-state index is 0.0380. The summed E-state index contributed by atoms with van der Waals surface area (Å²) in [6, 6.07) is 14.9. The lowest BCUT2D eigenvalue weighted by Crippen LogP contribution is -2.36. The molecule has 0 radical (unpaired) electrons. The summed E-state index contributed by atoms with van der Waals surface area (Å²) in [6.07, 6.45) is 0. The number of amides is 2. The van der Waals surface area contributed by atoms with Crippen LogP contribution < -0.4 is 15.4 Å². The summed E-state index contributed by atoms with van der Waals surface area (Å²) in [7, 11) is 1.61. The van der Waals surface area contributed by atoms with Crippen LogP contribution in [0.3, 0.4) is 0 Å². The Morgan fingerprint density at radius 2 is 1.54 bits per heavy atom. The van der Waals surface area contributed by atoms with Gasteiger partial charge < -0.3 is 15.4 Å². The number of hydrogen-bond donors (Lipinski definition) is 2. The van der Waals surface area contributed by atoms with Crippen LogP contribution in [0, 0.1) is 0 Å². The van der Waals surface area contributed by atoms with E-state index in [1.165, 1.54) is 0 Å². The standard InChI is InChI=1S/C21H26N2O3/c1-21(2,3)17-9-7-16(8-10-17)20(25)23-14-19(24)22-13-15-5-11-18(26-4)12-6-15/h5-12H,13-14H2,1-4H3,(H,22,24)(H,23,25). The van der Waals surface area contributed by atoms with Crippen LogP contribution in [0.2, 0.25) is 0 Å². The summed E-state index contributed by atoms with van der Waals surface area (Å²) >= 11 is 0. The van der Waals surface area contributed by atoms with Crippen LogP contribution in [0.1, 0.15) is 42.3 Å². The van der Waals surface area contributed by atoms with Crippen LogP contribution >= 0.6 is 0 Å². The van der Waals surface area contributed by atoms with E-state index in [0.717, 1.165) is 16.9 Å². The molecule has 0 saturated carbocycles. The van der Waals surface area contributed by atoms with Crippen LogP contribution in [-0.2, 0) is 16.8 Å². The average molecular weight is 354 g/mol. The zero-order valence-corrected chi connectivity index (χ0v) is 15.8. The van der Waals surface area contributed by atoms with E-state index in [1.54, 1.807) is 19.2 Å². The number of rotatable bonds is 6. The molecule has 0 fully saturated rings. The van der Waals surface area contributed by atoms with Crippen molar-refractivity contribution >= 4 is 11.8 Å². The third-order valence-corrected chi connectivity index (χ3v) is 4.07. The molecule has 2 N–H and O–H groups in total. The molecule has 0 heterocycles. The van der Waals surface area contributed by atoms with Gasteiger partial charge in [0.2, 0.25) is 5.91 Å². The first-order valence-electron chi connectivity index (χ1n) is 8.58. The molecule has 0 atom stereocenters. The second-order valence-corrected chi connectivity index (χ2v) is 7.13. The van der Waals surface area contributed by atoms with E-state index in [1.807, 2.05) is 36.4 Å². The molecule has 0 aliphatic carbocycles. The Morgan fingerprint density at radius 3 is 2.08 bits per heavy atom. The minimum atomic E-state index is -0.259. The van der Waals surface area contributed by atoms with Gasteiger partial charge in [0.1, 0.15) is 5.75 Å². The van der Waals surface area contributed by atoms with Gasteiger partial charge in [0.25, 0.3) is 5.91 Å². The predicted molar refractivity (Wildman–Crippen MR) is 102 cm³/mol. The summed E-state index contributed by atoms with van der Waals surface area (Å²) in [6.45, 7) is 6.70. The quantitative estimate of drug-likeness (QED) is 0.838. The highest BCUT2D eigenvalue weighted by Crippen LogP contribution is 2.22. The third kappa shape index (κ3) is 5.62. The van der Waals surface area contributed by atoms with Gasteiger partial charge in [-0.3, -0.25) is 9.59 Å². The highest BCUT2D eigenvalue weighted by atomic mass is 16.5. The van der Waals surface area contributed by atoms with Gasteiger partial charge in [0, 0.05) is 12.1 Å². The van der Waals surface area contributed by atoms with Crippen molar-refractivity contribution in [1.29, 1.82) is 0 Å². The van der Waals surface area contributed by atoms with Crippen molar-refractivity contribution in [2.75, 3.05) is 13.7 Å². The molecule has 0 aromatic heterocycles. The Labute approximate surface area is 154 Å². The van der Waals surface area contributed by atoms with Gasteiger partial charge in [-0.05, 0) is 40.8 Å². The molecule has 2 rings (SSSR count). The Balaban J connectivity index is 1.79. The van der Waals surface area contributed by atoms with Crippen LogP contribution in [0.5, 0.6) is 5.75 Å². The Morgan fingerprint density at radius 1 is 0.923 bits per heavy atom. The van der Waals surface area contributed by atoms with Gasteiger partial charge in [-0.1, -0.05) is 45.0 Å². The predicted octanol–water partition coefficient (Wildman–Crippen LogP) is 3.04. The van der Waals surface area contributed by atoms with E-state index in [-0.39, 0.29) is 23.8 Å². The highest BCUT2D eigenvalue weighted by Gasteiger charge is 2.14. The van der Waals surface area contributed by atoms with E-state index >= 15 is 0 Å². The fraction of sp³-hybridized carbons (Fsp3) is 0.333. The van der Waals surface area contributed by atoms with Gasteiger partial charge >= 0.3 is 0 Å². The van der Waals surface area contributed by atoms with Crippen LogP contribution in [-0.4, -0.2) is 25.5 Å². The molecule has 0 aliphatic rings. The van der Waals surface area contributed by atoms with Gasteiger partial charge in [-0.15, -0.1) is 0 Å². The molecule has 0 saturated heterocycles. The largest absolute Gasteiger partial charge is 0.497 e. The van der Waals surface area contributed by atoms with Crippen LogP contribution in [0.15, 0.2) is 48.5 Å². The first kappa shape index (κ1) is 19.5. The van der Waals surface area contributed by atoms with E-state index in [4.69, 9.17) is 4.74 Å². The molecule has 138 valence electrons. The van der Waals surface area contributed by atoms with Crippen molar-refractivity contribution in [3.8, 4) is 5.75 Å². The van der Waals surface area contributed by atoms with Crippen molar-refractivity contribution in [3.05, 3.63) is 65.2 Å². The summed E-state index contributed by atoms with van der Waals surface area (Å²) in [5.41, 5.74) is 2.70. The third-order valence-electron chi connectivity index (χ3n) is 4.07. The number of carbonyl (C=O) groups is 2. The van der Waals surface area contributed by atoms with Crippen LogP contribution in [0.4, 0.5) is 0 Å². The second-order valence-electron chi connectivity index (χ2n) is 7.13. The SMILES string of the molecule is COc1ccc(CNC(=O)CNC(=O)c2ccc(C(C)(C)C)cc2)cc1. The first-order valence-corrected chi connectivity index (χ1v) is 8.58. The van der Waals surface area contributed by atoms with Crippen molar-refractivity contribution in [3.63, 3.8) is 0 Å². The average Bonchev–Trinajstić information content (AvgIpc) is 2.64. The summed E-state index contributed by atoms with van der Waals surface area (Å²) in [4.78, 5) is 24.1. The zero-order chi connectivity index (χ0) is 19.2. The number of hydrogen-bond acceptors (Lipinski definition) is 3. The summed E-state index contributed by atoms with van der Waals surface area (Å²) < 4.78 is 5.09. The minimum Gasteiger partial charge on any atom is -0.497 e. The number of methoxy groups -OCH3 is 1. The van der Waals surface area contributed by atoms with E-state index in [9.17, 15) is 9.59 Å². The van der Waals surface area contributed by atoms with E-state index < -0.39 is 0 Å². The highest BCUT2D eigenvalue weighted by molar-refractivity contribution is 5.96. The lowest BCUT2D eigenvalue weighted by Gasteiger charge is -2.19. The molecule has 0 aliphatic heterocycles. The number of ether oxygens (including phenoxy) is 1. The lowest BCUT2D eigenvalue weighted by atomic mass is 9.87. The number of carbonyl (C=O) groups excluding carboxylic acids is 2. The molecule has 26 heavy (non-hydrogen) atoms. The summed E-state index contributed by atoms with van der Waals surface area (Å²) in [5, 5.41) is 5.42. The Hall–Kier alpha value is -2.82. The second kappa shape index (κ2) is 8.52. The molecule has 5 heteroatoms. The molecule has 5 nitrogen and oxygen atoms in total. The Bertz CT molecular complexity index is 744. The van der Waals surface area contributed by atoms with Crippen molar-refractivity contribution in [2.45, 2.75) is 32.7 Å². The van der Waals surface area contributed by atoms with Gasteiger partial charge in [0.15, 0.2) is 0 Å².